The highest BCUT2D eigenvalue weighted by Crippen LogP contribution is 2.49. The summed E-state index contributed by atoms with van der Waals surface area (Å²) in [6, 6.07) is 26.2. The Kier molecular flexibility index (Phi) is 4.59. The number of nitrogens with zero attached hydrogens (tertiary/aromatic N) is 1. The third-order valence-corrected chi connectivity index (χ3v) is 5.85. The van der Waals surface area contributed by atoms with Crippen LogP contribution >= 0.6 is 11.8 Å². The van der Waals surface area contributed by atoms with Gasteiger partial charge in [-0.1, -0.05) is 78.5 Å². The third kappa shape index (κ3) is 2.93. The van der Waals surface area contributed by atoms with Gasteiger partial charge in [0.15, 0.2) is 0 Å². The Morgan fingerprint density at radius 2 is 1.46 bits per heavy atom. The second-order valence-corrected chi connectivity index (χ2v) is 7.20. The standard InChI is InChI=1S/C22H17NO2S/c24-15-19-18-13-7-8-14-20(18)26-22(17-11-5-2-6-12-17)23(19)21(25)16-9-3-1-4-10-16/h1-15,19,22H. The molecule has 3 nitrogen and oxygen atoms in total. The van der Waals surface area contributed by atoms with Crippen molar-refractivity contribution < 1.29 is 9.59 Å². The Hall–Kier alpha value is -2.85. The van der Waals surface area contributed by atoms with Crippen LogP contribution in [0.2, 0.25) is 0 Å². The number of rotatable bonds is 3. The summed E-state index contributed by atoms with van der Waals surface area (Å²) in [6.45, 7) is 0. The molecule has 128 valence electrons. The number of aldehydes is 1. The predicted octanol–water partition coefficient (Wildman–Crippen LogP) is 4.87. The van der Waals surface area contributed by atoms with E-state index in [1.807, 2.05) is 72.8 Å². The molecular weight excluding hydrogens is 342 g/mol. The number of hydrogen-bond donors (Lipinski definition) is 0. The summed E-state index contributed by atoms with van der Waals surface area (Å²) in [7, 11) is 0. The van der Waals surface area contributed by atoms with Crippen LogP contribution < -0.4 is 0 Å². The smallest absolute Gasteiger partial charge is 0.255 e. The van der Waals surface area contributed by atoms with Gasteiger partial charge in [0.25, 0.3) is 5.91 Å². The van der Waals surface area contributed by atoms with Crippen molar-refractivity contribution in [1.29, 1.82) is 0 Å². The van der Waals surface area contributed by atoms with E-state index in [1.165, 1.54) is 0 Å². The Bertz CT molecular complexity index is 927. The fourth-order valence-electron chi connectivity index (χ4n) is 3.25. The molecule has 4 rings (SSSR count). The Morgan fingerprint density at radius 3 is 2.15 bits per heavy atom. The van der Waals surface area contributed by atoms with Gasteiger partial charge in [0.05, 0.1) is 0 Å². The molecule has 1 aliphatic heterocycles. The largest absolute Gasteiger partial charge is 0.308 e. The molecule has 26 heavy (non-hydrogen) atoms. The zero-order valence-electron chi connectivity index (χ0n) is 14.0. The van der Waals surface area contributed by atoms with Crippen LogP contribution in [0.1, 0.15) is 32.9 Å². The average Bonchev–Trinajstić information content (AvgIpc) is 2.73. The summed E-state index contributed by atoms with van der Waals surface area (Å²) in [6.07, 6.45) is 0.870. The van der Waals surface area contributed by atoms with Gasteiger partial charge in [0.1, 0.15) is 17.7 Å². The molecule has 0 fully saturated rings. The highest BCUT2D eigenvalue weighted by molar-refractivity contribution is 7.99. The van der Waals surface area contributed by atoms with Crippen LogP contribution in [0.15, 0.2) is 89.8 Å². The van der Waals surface area contributed by atoms with E-state index in [0.717, 1.165) is 22.3 Å². The highest BCUT2D eigenvalue weighted by Gasteiger charge is 2.39. The van der Waals surface area contributed by atoms with E-state index in [-0.39, 0.29) is 11.3 Å². The lowest BCUT2D eigenvalue weighted by Gasteiger charge is -2.40. The summed E-state index contributed by atoms with van der Waals surface area (Å²) in [4.78, 5) is 28.1. The minimum atomic E-state index is -0.606. The molecule has 0 N–H and O–H groups in total. The third-order valence-electron chi connectivity index (χ3n) is 4.50. The van der Waals surface area contributed by atoms with Crippen molar-refractivity contribution in [2.24, 2.45) is 0 Å². The average molecular weight is 359 g/mol. The van der Waals surface area contributed by atoms with Gasteiger partial charge in [-0.2, -0.15) is 0 Å². The maximum Gasteiger partial charge on any atom is 0.255 e. The molecule has 0 bridgehead atoms. The van der Waals surface area contributed by atoms with Crippen LogP contribution in [-0.4, -0.2) is 17.1 Å². The van der Waals surface area contributed by atoms with Crippen molar-refractivity contribution >= 4 is 24.0 Å². The number of fused-ring (bicyclic) bond motifs is 1. The van der Waals surface area contributed by atoms with E-state index in [9.17, 15) is 9.59 Å². The Labute approximate surface area is 156 Å². The van der Waals surface area contributed by atoms with E-state index >= 15 is 0 Å². The topological polar surface area (TPSA) is 37.4 Å². The van der Waals surface area contributed by atoms with Crippen molar-refractivity contribution in [3.8, 4) is 0 Å². The van der Waals surface area contributed by atoms with Crippen LogP contribution in [0.5, 0.6) is 0 Å². The first kappa shape index (κ1) is 16.6. The summed E-state index contributed by atoms with van der Waals surface area (Å²) < 4.78 is 0. The quantitative estimate of drug-likeness (QED) is 0.626. The molecule has 4 heteroatoms. The first-order chi connectivity index (χ1) is 12.8. The summed E-state index contributed by atoms with van der Waals surface area (Å²) in [5, 5.41) is -0.256. The Morgan fingerprint density at radius 1 is 0.846 bits per heavy atom. The van der Waals surface area contributed by atoms with Crippen LogP contribution in [0, 0.1) is 0 Å². The Balaban J connectivity index is 1.85. The van der Waals surface area contributed by atoms with Crippen LogP contribution in [0.4, 0.5) is 0 Å². The van der Waals surface area contributed by atoms with E-state index in [2.05, 4.69) is 0 Å². The maximum atomic E-state index is 13.3. The molecule has 2 atom stereocenters. The summed E-state index contributed by atoms with van der Waals surface area (Å²) >= 11 is 1.61. The van der Waals surface area contributed by atoms with Crippen molar-refractivity contribution in [2.45, 2.75) is 16.3 Å². The van der Waals surface area contributed by atoms with Gasteiger partial charge in [0.2, 0.25) is 0 Å². The number of carbonyl (C=O) groups is 2. The second-order valence-electron chi connectivity index (χ2n) is 6.08. The van der Waals surface area contributed by atoms with Crippen molar-refractivity contribution in [1.82, 2.24) is 4.90 Å². The van der Waals surface area contributed by atoms with E-state index in [4.69, 9.17) is 0 Å². The summed E-state index contributed by atoms with van der Waals surface area (Å²) in [5.74, 6) is -0.140. The number of thioether (sulfide) groups is 1. The first-order valence-electron chi connectivity index (χ1n) is 8.43. The first-order valence-corrected chi connectivity index (χ1v) is 9.31. The molecule has 0 radical (unpaired) electrons. The maximum absolute atomic E-state index is 13.3. The number of benzene rings is 3. The lowest BCUT2D eigenvalue weighted by atomic mass is 10.0. The highest BCUT2D eigenvalue weighted by atomic mass is 32.2. The lowest BCUT2D eigenvalue weighted by Crippen LogP contribution is -2.40. The zero-order chi connectivity index (χ0) is 17.9. The molecular formula is C22H17NO2S. The van der Waals surface area contributed by atoms with Crippen molar-refractivity contribution in [2.75, 3.05) is 0 Å². The van der Waals surface area contributed by atoms with E-state index in [0.29, 0.717) is 5.56 Å². The normalized spacial score (nSPS) is 18.8. The van der Waals surface area contributed by atoms with Crippen molar-refractivity contribution in [3.05, 3.63) is 102 Å². The molecule has 0 aliphatic carbocycles. The molecule has 3 aromatic rings. The number of hydrogen-bond acceptors (Lipinski definition) is 3. The monoisotopic (exact) mass is 359 g/mol. The van der Waals surface area contributed by atoms with Gasteiger partial charge in [0, 0.05) is 10.5 Å². The van der Waals surface area contributed by atoms with Crippen LogP contribution in [0.25, 0.3) is 0 Å². The minimum absolute atomic E-state index is 0.140. The molecule has 0 spiro atoms. The van der Waals surface area contributed by atoms with Gasteiger partial charge in [-0.15, -0.1) is 0 Å². The molecule has 2 unspecified atom stereocenters. The fraction of sp³-hybridized carbons (Fsp3) is 0.0909. The molecule has 1 heterocycles. The molecule has 1 aliphatic rings. The lowest BCUT2D eigenvalue weighted by molar-refractivity contribution is -0.112. The van der Waals surface area contributed by atoms with Gasteiger partial charge in [-0.25, -0.2) is 0 Å². The van der Waals surface area contributed by atoms with Gasteiger partial charge in [-0.3, -0.25) is 4.79 Å². The minimum Gasteiger partial charge on any atom is -0.308 e. The number of amides is 1. The SMILES string of the molecule is O=CC1c2ccccc2SC(c2ccccc2)N1C(=O)c1ccccc1. The van der Waals surface area contributed by atoms with Gasteiger partial charge < -0.3 is 9.69 Å². The van der Waals surface area contributed by atoms with Crippen LogP contribution in [0.3, 0.4) is 0 Å². The fourth-order valence-corrected chi connectivity index (χ4v) is 4.61. The molecule has 0 aromatic heterocycles. The molecule has 0 saturated heterocycles. The second kappa shape index (κ2) is 7.18. The summed E-state index contributed by atoms with van der Waals surface area (Å²) in [5.41, 5.74) is 2.47. The molecule has 1 amide bonds. The van der Waals surface area contributed by atoms with Gasteiger partial charge in [-0.05, 0) is 29.3 Å². The van der Waals surface area contributed by atoms with Gasteiger partial charge >= 0.3 is 0 Å². The van der Waals surface area contributed by atoms with E-state index in [1.54, 1.807) is 28.8 Å². The number of carbonyl (C=O) groups excluding carboxylic acids is 2. The molecule has 0 saturated carbocycles. The van der Waals surface area contributed by atoms with E-state index < -0.39 is 6.04 Å². The van der Waals surface area contributed by atoms with Crippen molar-refractivity contribution in [3.63, 3.8) is 0 Å². The molecule has 3 aromatic carbocycles. The zero-order valence-corrected chi connectivity index (χ0v) is 14.8. The van der Waals surface area contributed by atoms with Crippen LogP contribution in [-0.2, 0) is 4.79 Å². The predicted molar refractivity (Wildman–Crippen MR) is 103 cm³/mol.